The molecule has 1 aromatic carbocycles. The van der Waals surface area contributed by atoms with Crippen molar-refractivity contribution >= 4 is 26.1 Å². The third kappa shape index (κ3) is 4.55. The minimum atomic E-state index is -2.52. The number of ether oxygens (including phenoxy) is 2. The Morgan fingerprint density at radius 2 is 1.68 bits per heavy atom. The van der Waals surface area contributed by atoms with Gasteiger partial charge in [0.25, 0.3) is 11.5 Å². The molecule has 3 heterocycles. The number of rotatable bonds is 9. The number of ketones is 1. The van der Waals surface area contributed by atoms with Crippen LogP contribution in [0, 0.1) is 0 Å². The number of hydrogen-bond acceptors (Lipinski definition) is 5. The third-order valence-corrected chi connectivity index (χ3v) is 14.1. The standard InChI is InChI=1S/C30H41NO5Si/c1-9-10-16-24-26(34-24)25-21(8)27(32)30(35-25)28(36-37(18(2)3,19(4)5)20(6)7)23(31-29(30)33)17-22-14-12-11-13-15-22/h10-20,24,26,28H,9H2,1-8H3,(H,31,33)/b16-10-,23-17-/t24-,26+,28+,30-/m1/s1. The molecule has 0 radical (unpaired) electrons. The van der Waals surface area contributed by atoms with Crippen molar-refractivity contribution in [1.29, 1.82) is 0 Å². The first-order valence-electron chi connectivity index (χ1n) is 13.5. The summed E-state index contributed by atoms with van der Waals surface area (Å²) in [5, 5.41) is 2.99. The van der Waals surface area contributed by atoms with E-state index in [1.54, 1.807) is 6.92 Å². The fourth-order valence-electron chi connectivity index (χ4n) is 6.26. The Kier molecular flexibility index (Phi) is 7.71. The molecule has 1 spiro atoms. The normalized spacial score (nSPS) is 29.1. The van der Waals surface area contributed by atoms with Gasteiger partial charge in [0.2, 0.25) is 14.1 Å². The molecule has 4 rings (SSSR count). The minimum absolute atomic E-state index is 0.147. The molecule has 0 aromatic heterocycles. The van der Waals surface area contributed by atoms with E-state index in [1.165, 1.54) is 0 Å². The highest BCUT2D eigenvalue weighted by atomic mass is 28.4. The van der Waals surface area contributed by atoms with E-state index >= 15 is 0 Å². The number of benzene rings is 1. The van der Waals surface area contributed by atoms with Crippen LogP contribution in [0.1, 0.15) is 67.4 Å². The van der Waals surface area contributed by atoms with E-state index in [0.29, 0.717) is 17.0 Å². The zero-order chi connectivity index (χ0) is 27.1. The molecule has 3 aliphatic rings. The molecule has 1 N–H and O–H groups in total. The highest BCUT2D eigenvalue weighted by molar-refractivity contribution is 6.77. The van der Waals surface area contributed by atoms with E-state index in [4.69, 9.17) is 13.9 Å². The average Bonchev–Trinajstić information content (AvgIpc) is 3.50. The second-order valence-corrected chi connectivity index (χ2v) is 16.7. The van der Waals surface area contributed by atoms with Gasteiger partial charge in [0.1, 0.15) is 24.1 Å². The van der Waals surface area contributed by atoms with Gasteiger partial charge in [-0.15, -0.1) is 0 Å². The molecule has 0 unspecified atom stereocenters. The van der Waals surface area contributed by atoms with E-state index in [2.05, 4.69) is 53.8 Å². The summed E-state index contributed by atoms with van der Waals surface area (Å²) in [6, 6.07) is 9.77. The van der Waals surface area contributed by atoms with Gasteiger partial charge in [-0.25, -0.2) is 0 Å². The van der Waals surface area contributed by atoms with Gasteiger partial charge >= 0.3 is 0 Å². The molecule has 4 atom stereocenters. The smallest absolute Gasteiger partial charge is 0.279 e. The van der Waals surface area contributed by atoms with Crippen LogP contribution in [0.4, 0.5) is 0 Å². The number of amides is 1. The summed E-state index contributed by atoms with van der Waals surface area (Å²) in [6.07, 6.45) is 5.45. The first-order chi connectivity index (χ1) is 17.5. The van der Waals surface area contributed by atoms with Gasteiger partial charge in [-0.3, -0.25) is 9.59 Å². The number of Topliss-reactive ketones (excluding diaryl/α,β-unsaturated/α-hetero) is 1. The van der Waals surface area contributed by atoms with Crippen LogP contribution in [-0.2, 0) is 23.5 Å². The van der Waals surface area contributed by atoms with Gasteiger partial charge in [-0.2, -0.15) is 0 Å². The first-order valence-corrected chi connectivity index (χ1v) is 15.7. The van der Waals surface area contributed by atoms with Crippen molar-refractivity contribution in [2.45, 2.75) is 102 Å². The summed E-state index contributed by atoms with van der Waals surface area (Å²) >= 11 is 0. The van der Waals surface area contributed by atoms with Crippen molar-refractivity contribution in [3.05, 3.63) is 65.1 Å². The quantitative estimate of drug-likeness (QED) is 0.184. The molecular formula is C30H41NO5Si. The molecular weight excluding hydrogens is 482 g/mol. The summed E-state index contributed by atoms with van der Waals surface area (Å²) in [5.74, 6) is -0.361. The minimum Gasteiger partial charge on any atom is -0.467 e. The van der Waals surface area contributed by atoms with Gasteiger partial charge in [0.05, 0.1) is 5.70 Å². The maximum absolute atomic E-state index is 14.0. The largest absolute Gasteiger partial charge is 0.467 e. The van der Waals surface area contributed by atoms with Crippen LogP contribution in [0.2, 0.25) is 16.6 Å². The average molecular weight is 524 g/mol. The van der Waals surface area contributed by atoms with Crippen LogP contribution >= 0.6 is 0 Å². The summed E-state index contributed by atoms with van der Waals surface area (Å²) in [7, 11) is -2.52. The fraction of sp³-hybridized carbons (Fsp3) is 0.533. The molecule has 7 heteroatoms. The molecule has 6 nitrogen and oxygen atoms in total. The lowest BCUT2D eigenvalue weighted by Gasteiger charge is -2.45. The van der Waals surface area contributed by atoms with E-state index in [-0.39, 0.29) is 34.6 Å². The lowest BCUT2D eigenvalue weighted by atomic mass is 9.90. The van der Waals surface area contributed by atoms with Gasteiger partial charge in [-0.1, -0.05) is 91.0 Å². The molecule has 2 fully saturated rings. The van der Waals surface area contributed by atoms with Gasteiger partial charge in [-0.05, 0) is 41.6 Å². The molecule has 3 aliphatic heterocycles. The SMILES string of the molecule is CC/C=C\[C@H]1O[C@@H]1C1=C(C)C(=O)[C@]2(O1)C(=O)N/C(=C\c1ccccc1)[C@@H]2O[Si](C(C)C)(C(C)C)C(C)C. The van der Waals surface area contributed by atoms with Crippen LogP contribution in [-0.4, -0.2) is 43.9 Å². The van der Waals surface area contributed by atoms with Crippen LogP contribution in [0.25, 0.3) is 6.08 Å². The lowest BCUT2D eigenvalue weighted by molar-refractivity contribution is -0.152. The van der Waals surface area contributed by atoms with Crippen molar-refractivity contribution in [3.63, 3.8) is 0 Å². The zero-order valence-corrected chi connectivity index (χ0v) is 24.3. The van der Waals surface area contributed by atoms with Gasteiger partial charge in [0.15, 0.2) is 0 Å². The van der Waals surface area contributed by atoms with E-state index in [0.717, 1.165) is 12.0 Å². The Bertz CT molecular complexity index is 1110. The predicted molar refractivity (Wildman–Crippen MR) is 148 cm³/mol. The Balaban J connectivity index is 1.81. The van der Waals surface area contributed by atoms with Crippen LogP contribution in [0.3, 0.4) is 0 Å². The van der Waals surface area contributed by atoms with E-state index in [9.17, 15) is 9.59 Å². The van der Waals surface area contributed by atoms with E-state index in [1.807, 2.05) is 48.6 Å². The van der Waals surface area contributed by atoms with E-state index < -0.39 is 25.9 Å². The Morgan fingerprint density at radius 3 is 2.24 bits per heavy atom. The summed E-state index contributed by atoms with van der Waals surface area (Å²) in [4.78, 5) is 27.8. The van der Waals surface area contributed by atoms with Crippen LogP contribution in [0.15, 0.2) is 59.5 Å². The highest BCUT2D eigenvalue weighted by Crippen LogP contribution is 2.50. The second-order valence-electron chi connectivity index (χ2n) is 11.3. The van der Waals surface area contributed by atoms with Crippen molar-refractivity contribution in [2.24, 2.45) is 0 Å². The predicted octanol–water partition coefficient (Wildman–Crippen LogP) is 6.06. The molecule has 37 heavy (non-hydrogen) atoms. The Hall–Kier alpha value is -2.48. The number of hydrogen-bond donors (Lipinski definition) is 1. The number of nitrogens with one attached hydrogen (secondary N) is 1. The molecule has 0 bridgehead atoms. The third-order valence-electron chi connectivity index (χ3n) is 8.06. The number of epoxide rings is 1. The monoisotopic (exact) mass is 523 g/mol. The number of carbonyl (C=O) groups excluding carboxylic acids is 2. The lowest BCUT2D eigenvalue weighted by Crippen LogP contribution is -2.59. The highest BCUT2D eigenvalue weighted by Gasteiger charge is 2.69. The zero-order valence-electron chi connectivity index (χ0n) is 23.3. The molecule has 2 saturated heterocycles. The van der Waals surface area contributed by atoms with Crippen LogP contribution < -0.4 is 5.32 Å². The summed E-state index contributed by atoms with van der Waals surface area (Å²) in [6.45, 7) is 16.9. The first kappa shape index (κ1) is 27.5. The Morgan fingerprint density at radius 1 is 1.05 bits per heavy atom. The maximum Gasteiger partial charge on any atom is 0.279 e. The molecule has 1 amide bonds. The summed E-state index contributed by atoms with van der Waals surface area (Å²) in [5.41, 5.74) is 0.919. The molecule has 1 aromatic rings. The molecule has 200 valence electrons. The Labute approximate surface area is 222 Å². The summed E-state index contributed by atoms with van der Waals surface area (Å²) < 4.78 is 19.5. The maximum atomic E-state index is 14.0. The van der Waals surface area contributed by atoms with Gasteiger partial charge < -0.3 is 19.2 Å². The second kappa shape index (κ2) is 10.3. The topological polar surface area (TPSA) is 77.2 Å². The van der Waals surface area contributed by atoms with Crippen molar-refractivity contribution < 1.29 is 23.5 Å². The van der Waals surface area contributed by atoms with Crippen molar-refractivity contribution in [3.8, 4) is 0 Å². The van der Waals surface area contributed by atoms with Crippen molar-refractivity contribution in [2.75, 3.05) is 0 Å². The van der Waals surface area contributed by atoms with Crippen molar-refractivity contribution in [1.82, 2.24) is 5.32 Å². The van der Waals surface area contributed by atoms with Gasteiger partial charge in [0, 0.05) is 5.57 Å². The fourth-order valence-corrected chi connectivity index (χ4v) is 11.8. The number of allylic oxidation sites excluding steroid dienone is 1. The number of carbonyl (C=O) groups is 2. The van der Waals surface area contributed by atoms with Crippen LogP contribution in [0.5, 0.6) is 0 Å². The molecule has 0 saturated carbocycles. The molecule has 0 aliphatic carbocycles.